The lowest BCUT2D eigenvalue weighted by Crippen LogP contribution is -2.37. The molecule has 0 spiro atoms. The van der Waals surface area contributed by atoms with E-state index in [1.165, 1.54) is 12.1 Å². The van der Waals surface area contributed by atoms with Crippen LogP contribution in [0.25, 0.3) is 0 Å². The number of sulfonamides is 1. The van der Waals surface area contributed by atoms with Crippen molar-refractivity contribution in [2.75, 3.05) is 32.8 Å². The highest BCUT2D eigenvalue weighted by atomic mass is 32.2. The van der Waals surface area contributed by atoms with Gasteiger partial charge in [-0.3, -0.25) is 9.69 Å². The first kappa shape index (κ1) is 21.6. The van der Waals surface area contributed by atoms with Crippen LogP contribution in [0, 0.1) is 0 Å². The van der Waals surface area contributed by atoms with Crippen LogP contribution >= 0.6 is 0 Å². The normalized spacial score (nSPS) is 18.7. The number of nitrogens with two attached hydrogens (primary N) is 1. The third kappa shape index (κ3) is 5.36. The van der Waals surface area contributed by atoms with Crippen LogP contribution in [-0.4, -0.2) is 52.1 Å². The molecule has 4 rings (SSSR count). The summed E-state index contributed by atoms with van der Waals surface area (Å²) in [5.74, 6) is 1.52. The number of hydrogen-bond acceptors (Lipinski definition) is 6. The summed E-state index contributed by atoms with van der Waals surface area (Å²) in [6, 6.07) is 12.6. The summed E-state index contributed by atoms with van der Waals surface area (Å²) in [6.45, 7) is 2.82. The Kier molecular flexibility index (Phi) is 6.45. The molecule has 0 bridgehead atoms. The Bertz CT molecular complexity index is 1040. The molecule has 1 saturated heterocycles. The molecule has 0 saturated carbocycles. The van der Waals surface area contributed by atoms with E-state index in [2.05, 4.69) is 16.3 Å². The van der Waals surface area contributed by atoms with E-state index < -0.39 is 10.0 Å². The molecule has 0 aromatic heterocycles. The summed E-state index contributed by atoms with van der Waals surface area (Å²) in [5, 5.41) is 8.07. The van der Waals surface area contributed by atoms with Crippen molar-refractivity contribution < 1.29 is 22.7 Å². The van der Waals surface area contributed by atoms with E-state index >= 15 is 0 Å². The molecule has 1 fully saturated rings. The Morgan fingerprint density at radius 3 is 2.58 bits per heavy atom. The molecule has 3 N–H and O–H groups in total. The third-order valence-corrected chi connectivity index (χ3v) is 6.58. The van der Waals surface area contributed by atoms with Gasteiger partial charge in [0.1, 0.15) is 13.2 Å². The fraction of sp³-hybridized carbons (Fsp3) is 0.409. The lowest BCUT2D eigenvalue weighted by molar-refractivity contribution is -0.122. The highest BCUT2D eigenvalue weighted by Gasteiger charge is 2.28. The fourth-order valence-corrected chi connectivity index (χ4v) is 4.61. The predicted molar refractivity (Wildman–Crippen MR) is 116 cm³/mol. The summed E-state index contributed by atoms with van der Waals surface area (Å²) in [6.07, 6.45) is 2.66. The number of likely N-dealkylation sites (tertiary alicyclic amines) is 1. The van der Waals surface area contributed by atoms with Crippen molar-refractivity contribution in [3.05, 3.63) is 53.6 Å². The van der Waals surface area contributed by atoms with Gasteiger partial charge in [0.2, 0.25) is 15.9 Å². The average molecular weight is 446 g/mol. The first-order valence-electron chi connectivity index (χ1n) is 10.4. The quantitative estimate of drug-likeness (QED) is 0.670. The first-order chi connectivity index (χ1) is 14.9. The number of primary sulfonamides is 1. The zero-order valence-corrected chi connectivity index (χ0v) is 18.1. The number of rotatable bonds is 7. The Balaban J connectivity index is 1.29. The van der Waals surface area contributed by atoms with Gasteiger partial charge in [0, 0.05) is 12.6 Å². The maximum absolute atomic E-state index is 12.5. The molecule has 2 aromatic carbocycles. The Hall–Kier alpha value is -2.62. The standard InChI is InChI=1S/C22H27N3O5S/c23-31(27,28)18-6-3-16(4-7-18)9-10-24-22(26)15-25-11-1-2-19(25)17-5-8-20-21(14-17)30-13-12-29-20/h3-8,14,19H,1-2,9-13,15H2,(H,24,26)(H2,23,27,28)/t19-/m0/s1. The van der Waals surface area contributed by atoms with Gasteiger partial charge in [-0.2, -0.15) is 0 Å². The summed E-state index contributed by atoms with van der Waals surface area (Å²) < 4.78 is 33.9. The minimum atomic E-state index is -3.69. The van der Waals surface area contributed by atoms with Crippen molar-refractivity contribution in [2.45, 2.75) is 30.2 Å². The number of fused-ring (bicyclic) bond motifs is 1. The van der Waals surface area contributed by atoms with Crippen molar-refractivity contribution in [1.82, 2.24) is 10.2 Å². The molecule has 2 aliphatic heterocycles. The molecule has 2 heterocycles. The smallest absolute Gasteiger partial charge is 0.238 e. The average Bonchev–Trinajstić information content (AvgIpc) is 3.21. The van der Waals surface area contributed by atoms with Gasteiger partial charge in [0.05, 0.1) is 11.4 Å². The summed E-state index contributed by atoms with van der Waals surface area (Å²) in [7, 11) is -3.69. The molecule has 9 heteroatoms. The van der Waals surface area contributed by atoms with Gasteiger partial charge in [-0.05, 0) is 61.2 Å². The number of hydrogen-bond donors (Lipinski definition) is 2. The molecule has 0 aliphatic carbocycles. The molecule has 0 unspecified atom stereocenters. The molecular weight excluding hydrogens is 418 g/mol. The Morgan fingerprint density at radius 1 is 1.10 bits per heavy atom. The van der Waals surface area contributed by atoms with Crippen LogP contribution in [0.15, 0.2) is 47.4 Å². The summed E-state index contributed by atoms with van der Waals surface area (Å²) in [5.41, 5.74) is 2.08. The second-order valence-corrected chi connectivity index (χ2v) is 9.38. The lowest BCUT2D eigenvalue weighted by atomic mass is 10.0. The molecule has 0 radical (unpaired) electrons. The van der Waals surface area contributed by atoms with E-state index in [0.717, 1.165) is 42.0 Å². The van der Waals surface area contributed by atoms with E-state index in [4.69, 9.17) is 14.6 Å². The molecule has 166 valence electrons. The van der Waals surface area contributed by atoms with Crippen LogP contribution in [0.5, 0.6) is 11.5 Å². The van der Waals surface area contributed by atoms with Gasteiger partial charge < -0.3 is 14.8 Å². The van der Waals surface area contributed by atoms with Crippen LogP contribution in [0.4, 0.5) is 0 Å². The Morgan fingerprint density at radius 2 is 1.84 bits per heavy atom. The first-order valence-corrected chi connectivity index (χ1v) is 12.0. The second kappa shape index (κ2) is 9.25. The van der Waals surface area contributed by atoms with Crippen molar-refractivity contribution in [2.24, 2.45) is 5.14 Å². The van der Waals surface area contributed by atoms with Crippen LogP contribution in [-0.2, 0) is 21.2 Å². The number of carbonyl (C=O) groups is 1. The number of benzene rings is 2. The molecule has 2 aromatic rings. The van der Waals surface area contributed by atoms with Gasteiger partial charge in [0.15, 0.2) is 11.5 Å². The minimum absolute atomic E-state index is 0.0226. The van der Waals surface area contributed by atoms with Gasteiger partial charge >= 0.3 is 0 Å². The van der Waals surface area contributed by atoms with E-state index in [-0.39, 0.29) is 16.8 Å². The number of nitrogens with one attached hydrogen (secondary N) is 1. The number of nitrogens with zero attached hydrogens (tertiary/aromatic N) is 1. The molecular formula is C22H27N3O5S. The second-order valence-electron chi connectivity index (χ2n) is 7.82. The van der Waals surface area contributed by atoms with E-state index in [0.29, 0.717) is 32.7 Å². The maximum Gasteiger partial charge on any atom is 0.238 e. The monoisotopic (exact) mass is 445 g/mol. The van der Waals surface area contributed by atoms with Gasteiger partial charge in [-0.25, -0.2) is 13.6 Å². The molecule has 1 atom stereocenters. The SMILES string of the molecule is NS(=O)(=O)c1ccc(CCNC(=O)CN2CCC[C@H]2c2ccc3c(c2)OCCO3)cc1. The van der Waals surface area contributed by atoms with Crippen LogP contribution in [0.3, 0.4) is 0 Å². The Labute approximate surface area is 182 Å². The number of amides is 1. The zero-order chi connectivity index (χ0) is 21.8. The summed E-state index contributed by atoms with van der Waals surface area (Å²) >= 11 is 0. The number of carbonyl (C=O) groups excluding carboxylic acids is 1. The largest absolute Gasteiger partial charge is 0.486 e. The van der Waals surface area contributed by atoms with Gasteiger partial charge in [-0.1, -0.05) is 18.2 Å². The van der Waals surface area contributed by atoms with Crippen LogP contribution in [0.2, 0.25) is 0 Å². The third-order valence-electron chi connectivity index (χ3n) is 5.65. The predicted octanol–water partition coefficient (Wildman–Crippen LogP) is 1.60. The van der Waals surface area contributed by atoms with Gasteiger partial charge in [-0.15, -0.1) is 0 Å². The van der Waals surface area contributed by atoms with Gasteiger partial charge in [0.25, 0.3) is 0 Å². The molecule has 2 aliphatic rings. The zero-order valence-electron chi connectivity index (χ0n) is 17.2. The van der Waals surface area contributed by atoms with E-state index in [9.17, 15) is 13.2 Å². The van der Waals surface area contributed by atoms with Crippen molar-refractivity contribution in [3.63, 3.8) is 0 Å². The van der Waals surface area contributed by atoms with E-state index in [1.807, 2.05) is 12.1 Å². The molecule has 31 heavy (non-hydrogen) atoms. The fourth-order valence-electron chi connectivity index (χ4n) is 4.09. The molecule has 8 nitrogen and oxygen atoms in total. The number of ether oxygens (including phenoxy) is 2. The lowest BCUT2D eigenvalue weighted by Gasteiger charge is -2.26. The highest BCUT2D eigenvalue weighted by molar-refractivity contribution is 7.89. The van der Waals surface area contributed by atoms with E-state index in [1.54, 1.807) is 12.1 Å². The van der Waals surface area contributed by atoms with Crippen molar-refractivity contribution >= 4 is 15.9 Å². The summed E-state index contributed by atoms with van der Waals surface area (Å²) in [4.78, 5) is 14.8. The maximum atomic E-state index is 12.5. The minimum Gasteiger partial charge on any atom is -0.486 e. The van der Waals surface area contributed by atoms with Crippen molar-refractivity contribution in [1.29, 1.82) is 0 Å². The highest BCUT2D eigenvalue weighted by Crippen LogP contribution is 2.37. The molecule has 1 amide bonds. The van der Waals surface area contributed by atoms with Crippen LogP contribution < -0.4 is 19.9 Å². The van der Waals surface area contributed by atoms with Crippen molar-refractivity contribution in [3.8, 4) is 11.5 Å². The van der Waals surface area contributed by atoms with Crippen LogP contribution in [0.1, 0.15) is 30.0 Å². The topological polar surface area (TPSA) is 111 Å².